The molecule has 2 N–H and O–H groups in total. The number of carbonyl (C=O) groups is 2. The lowest BCUT2D eigenvalue weighted by Gasteiger charge is -2.19. The monoisotopic (exact) mass is 483 g/mol. The van der Waals surface area contributed by atoms with Gasteiger partial charge in [0.15, 0.2) is 5.82 Å². The summed E-state index contributed by atoms with van der Waals surface area (Å²) in [4.78, 5) is 24.6. The van der Waals surface area contributed by atoms with Gasteiger partial charge in [-0.2, -0.15) is 0 Å². The summed E-state index contributed by atoms with van der Waals surface area (Å²) < 4.78 is 32.0. The van der Waals surface area contributed by atoms with Crippen molar-refractivity contribution in [3.8, 4) is 0 Å². The maximum absolute atomic E-state index is 13.3. The van der Waals surface area contributed by atoms with Crippen LogP contribution in [0.5, 0.6) is 0 Å². The first-order valence-corrected chi connectivity index (χ1v) is 11.5. The van der Waals surface area contributed by atoms with E-state index in [0.29, 0.717) is 5.76 Å². The van der Waals surface area contributed by atoms with Crippen molar-refractivity contribution in [2.45, 2.75) is 64.8 Å². The van der Waals surface area contributed by atoms with Gasteiger partial charge < -0.3 is 15.2 Å². The van der Waals surface area contributed by atoms with Gasteiger partial charge in [-0.05, 0) is 47.6 Å². The van der Waals surface area contributed by atoms with Crippen molar-refractivity contribution in [1.29, 1.82) is 0 Å². The fourth-order valence-electron chi connectivity index (χ4n) is 3.67. The van der Waals surface area contributed by atoms with Gasteiger partial charge in [-0.25, -0.2) is 8.78 Å². The second-order valence-electron chi connectivity index (χ2n) is 9.90. The molecule has 2 atom stereocenters. The van der Waals surface area contributed by atoms with E-state index >= 15 is 0 Å². The molecule has 0 bridgehead atoms. The molecule has 0 aliphatic rings. The first-order chi connectivity index (χ1) is 16.4. The molecule has 2 aromatic carbocycles. The van der Waals surface area contributed by atoms with E-state index in [4.69, 9.17) is 4.52 Å². The summed E-state index contributed by atoms with van der Waals surface area (Å²) in [6.45, 7) is 10.0. The number of benzene rings is 2. The van der Waals surface area contributed by atoms with Gasteiger partial charge in [0.05, 0.1) is 6.42 Å². The number of nitrogens with one attached hydrogen (secondary N) is 2. The van der Waals surface area contributed by atoms with E-state index in [1.54, 1.807) is 6.07 Å². The van der Waals surface area contributed by atoms with E-state index < -0.39 is 29.5 Å². The zero-order valence-corrected chi connectivity index (χ0v) is 20.6. The zero-order valence-electron chi connectivity index (χ0n) is 20.6. The van der Waals surface area contributed by atoms with E-state index in [-0.39, 0.29) is 29.1 Å². The van der Waals surface area contributed by atoms with Crippen molar-refractivity contribution in [3.05, 3.63) is 82.6 Å². The lowest BCUT2D eigenvalue weighted by atomic mass is 9.86. The second-order valence-corrected chi connectivity index (χ2v) is 9.90. The number of rotatable bonds is 8. The van der Waals surface area contributed by atoms with Crippen molar-refractivity contribution >= 4 is 17.6 Å². The zero-order chi connectivity index (χ0) is 25.8. The predicted octanol–water partition coefficient (Wildman–Crippen LogP) is 5.28. The van der Waals surface area contributed by atoms with E-state index in [1.165, 1.54) is 18.1 Å². The second kappa shape index (κ2) is 10.8. The Balaban J connectivity index is 1.52. The molecule has 0 saturated heterocycles. The Morgan fingerprint density at radius 1 is 0.971 bits per heavy atom. The van der Waals surface area contributed by atoms with Gasteiger partial charge >= 0.3 is 0 Å². The summed E-state index contributed by atoms with van der Waals surface area (Å²) >= 11 is 0. The predicted molar refractivity (Wildman–Crippen MR) is 130 cm³/mol. The summed E-state index contributed by atoms with van der Waals surface area (Å²) in [5.74, 6) is -1.65. The highest BCUT2D eigenvalue weighted by Crippen LogP contribution is 2.26. The Labute approximate surface area is 204 Å². The molecule has 1 aromatic heterocycles. The Morgan fingerprint density at radius 3 is 2.20 bits per heavy atom. The molecule has 0 fully saturated rings. The highest BCUT2D eigenvalue weighted by Gasteiger charge is 2.20. The lowest BCUT2D eigenvalue weighted by Crippen LogP contribution is -2.42. The first-order valence-electron chi connectivity index (χ1n) is 11.5. The van der Waals surface area contributed by atoms with Crippen molar-refractivity contribution in [2.24, 2.45) is 0 Å². The molecule has 0 spiro atoms. The number of aromatic nitrogens is 1. The standard InChI is InChI=1S/C27H31F2N3O3/c1-16(10-18-6-8-20(9-7-18)27(3,4)5)23-15-24(32-35-23)31-26(34)17(2)30-25(33)13-19-11-21(28)14-22(29)12-19/h6-9,11-12,14-17H,10,13H2,1-5H3,(H,30,33)(H,31,32,34). The van der Waals surface area contributed by atoms with Crippen LogP contribution in [0, 0.1) is 11.6 Å². The minimum absolute atomic E-state index is 0.0393. The van der Waals surface area contributed by atoms with Crippen LogP contribution in [-0.2, 0) is 27.8 Å². The molecule has 2 amide bonds. The molecule has 1 heterocycles. The summed E-state index contributed by atoms with van der Waals surface area (Å²) in [5, 5.41) is 9.04. The number of hydrogen-bond donors (Lipinski definition) is 2. The van der Waals surface area contributed by atoms with Gasteiger partial charge in [-0.3, -0.25) is 9.59 Å². The third-order valence-corrected chi connectivity index (χ3v) is 5.69. The number of anilines is 1. The summed E-state index contributed by atoms with van der Waals surface area (Å²) in [6, 6.07) is 12.1. The lowest BCUT2D eigenvalue weighted by molar-refractivity contribution is -0.125. The Kier molecular flexibility index (Phi) is 8.04. The van der Waals surface area contributed by atoms with Crippen LogP contribution in [0.1, 0.15) is 63.0 Å². The van der Waals surface area contributed by atoms with Gasteiger partial charge in [0.2, 0.25) is 11.8 Å². The van der Waals surface area contributed by atoms with Crippen molar-refractivity contribution in [2.75, 3.05) is 5.32 Å². The van der Waals surface area contributed by atoms with Crippen LogP contribution in [0.15, 0.2) is 53.1 Å². The maximum Gasteiger partial charge on any atom is 0.247 e. The van der Waals surface area contributed by atoms with E-state index in [2.05, 4.69) is 60.8 Å². The number of amides is 2. The average molecular weight is 484 g/mol. The van der Waals surface area contributed by atoms with E-state index in [0.717, 1.165) is 24.6 Å². The molecule has 186 valence electrons. The topological polar surface area (TPSA) is 84.2 Å². The first kappa shape index (κ1) is 26.1. The molecule has 8 heteroatoms. The Bertz CT molecular complexity index is 1160. The van der Waals surface area contributed by atoms with Crippen LogP contribution < -0.4 is 10.6 Å². The van der Waals surface area contributed by atoms with Crippen LogP contribution in [0.3, 0.4) is 0 Å². The van der Waals surface area contributed by atoms with Crippen LogP contribution in [0.2, 0.25) is 0 Å². The quantitative estimate of drug-likeness (QED) is 0.456. The molecule has 2 unspecified atom stereocenters. The highest BCUT2D eigenvalue weighted by atomic mass is 19.1. The maximum atomic E-state index is 13.3. The molecule has 35 heavy (non-hydrogen) atoms. The SMILES string of the molecule is CC(NC(=O)Cc1cc(F)cc(F)c1)C(=O)Nc1cc(C(C)Cc2ccc(C(C)(C)C)cc2)on1. The normalized spacial score (nSPS) is 13.2. The van der Waals surface area contributed by atoms with Gasteiger partial charge in [0, 0.05) is 18.1 Å². The fraction of sp³-hybridized carbons (Fsp3) is 0.370. The van der Waals surface area contributed by atoms with Gasteiger partial charge in [-0.1, -0.05) is 57.1 Å². The molecular formula is C27H31F2N3O3. The molecular weight excluding hydrogens is 452 g/mol. The number of carbonyl (C=O) groups excluding carboxylic acids is 2. The molecule has 0 aliphatic carbocycles. The van der Waals surface area contributed by atoms with Crippen LogP contribution in [0.25, 0.3) is 0 Å². The number of nitrogens with zero attached hydrogens (tertiary/aromatic N) is 1. The smallest absolute Gasteiger partial charge is 0.247 e. The summed E-state index contributed by atoms with van der Waals surface area (Å²) in [5.41, 5.74) is 2.71. The van der Waals surface area contributed by atoms with Gasteiger partial charge in [0.25, 0.3) is 0 Å². The summed E-state index contributed by atoms with van der Waals surface area (Å²) in [6.07, 6.45) is 0.495. The van der Waals surface area contributed by atoms with Crippen molar-refractivity contribution in [3.63, 3.8) is 0 Å². The van der Waals surface area contributed by atoms with Crippen molar-refractivity contribution in [1.82, 2.24) is 10.5 Å². The highest BCUT2D eigenvalue weighted by molar-refractivity contribution is 5.96. The Hall–Kier alpha value is -3.55. The van der Waals surface area contributed by atoms with Crippen molar-refractivity contribution < 1.29 is 22.9 Å². The molecule has 0 aliphatic heterocycles. The summed E-state index contributed by atoms with van der Waals surface area (Å²) in [7, 11) is 0. The van der Waals surface area contributed by atoms with E-state index in [1.807, 2.05) is 6.92 Å². The molecule has 0 saturated carbocycles. The average Bonchev–Trinajstić information content (AvgIpc) is 3.21. The molecule has 6 nitrogen and oxygen atoms in total. The molecule has 0 radical (unpaired) electrons. The van der Waals surface area contributed by atoms with Gasteiger partial charge in [-0.15, -0.1) is 0 Å². The molecule has 3 rings (SSSR count). The third kappa shape index (κ3) is 7.47. The number of halogens is 2. The molecule has 3 aromatic rings. The van der Waals surface area contributed by atoms with Crippen LogP contribution in [0.4, 0.5) is 14.6 Å². The van der Waals surface area contributed by atoms with E-state index in [9.17, 15) is 18.4 Å². The number of hydrogen-bond acceptors (Lipinski definition) is 4. The largest absolute Gasteiger partial charge is 0.359 e. The Morgan fingerprint density at radius 2 is 1.60 bits per heavy atom. The minimum atomic E-state index is -0.889. The van der Waals surface area contributed by atoms with Gasteiger partial charge in [0.1, 0.15) is 23.4 Å². The van der Waals surface area contributed by atoms with Crippen LogP contribution in [-0.4, -0.2) is 23.0 Å². The minimum Gasteiger partial charge on any atom is -0.359 e. The van der Waals surface area contributed by atoms with Crippen LogP contribution >= 0.6 is 0 Å². The third-order valence-electron chi connectivity index (χ3n) is 5.69. The fourth-order valence-corrected chi connectivity index (χ4v) is 3.67.